The molecular weight excluding hydrogens is 256 g/mol. The van der Waals surface area contributed by atoms with Crippen LogP contribution in [-0.4, -0.2) is 39.4 Å². The van der Waals surface area contributed by atoms with Crippen LogP contribution in [0.2, 0.25) is 0 Å². The standard InChI is InChI=1S/C15H24N2O3/c1-12-9-13(2)11-14(10-12)20-8-6-17-15(18)16-5-4-7-19-3/h9-11H,4-8H2,1-3H3,(H2,16,17,18). The fourth-order valence-corrected chi connectivity index (χ4v) is 1.83. The van der Waals surface area contributed by atoms with E-state index in [9.17, 15) is 4.79 Å². The van der Waals surface area contributed by atoms with Crippen LogP contribution in [0, 0.1) is 13.8 Å². The van der Waals surface area contributed by atoms with E-state index in [-0.39, 0.29) is 6.03 Å². The van der Waals surface area contributed by atoms with Crippen molar-refractivity contribution in [2.24, 2.45) is 0 Å². The number of amides is 2. The molecule has 0 saturated heterocycles. The number of urea groups is 1. The lowest BCUT2D eigenvalue weighted by Gasteiger charge is -2.10. The lowest BCUT2D eigenvalue weighted by molar-refractivity contribution is 0.193. The number of carbonyl (C=O) groups excluding carboxylic acids is 1. The third-order valence-electron chi connectivity index (χ3n) is 2.66. The average Bonchev–Trinajstić information content (AvgIpc) is 2.39. The van der Waals surface area contributed by atoms with Gasteiger partial charge in [-0.25, -0.2) is 4.79 Å². The van der Waals surface area contributed by atoms with E-state index in [1.807, 2.05) is 26.0 Å². The molecule has 0 bridgehead atoms. The molecule has 0 aromatic heterocycles. The van der Waals surface area contributed by atoms with Gasteiger partial charge in [0.05, 0.1) is 6.54 Å². The topological polar surface area (TPSA) is 59.6 Å². The number of methoxy groups -OCH3 is 1. The van der Waals surface area contributed by atoms with Crippen molar-refractivity contribution in [2.75, 3.05) is 33.4 Å². The van der Waals surface area contributed by atoms with Crippen LogP contribution in [-0.2, 0) is 4.74 Å². The Morgan fingerprint density at radius 3 is 2.35 bits per heavy atom. The number of carbonyl (C=O) groups is 1. The first-order chi connectivity index (χ1) is 9.61. The van der Waals surface area contributed by atoms with Gasteiger partial charge in [0.2, 0.25) is 0 Å². The molecule has 0 unspecified atom stereocenters. The summed E-state index contributed by atoms with van der Waals surface area (Å²) in [5, 5.41) is 5.49. The first-order valence-corrected chi connectivity index (χ1v) is 6.83. The molecule has 1 aromatic carbocycles. The number of aryl methyl sites for hydroxylation is 2. The van der Waals surface area contributed by atoms with E-state index in [0.29, 0.717) is 26.3 Å². The van der Waals surface area contributed by atoms with Gasteiger partial charge in [0.25, 0.3) is 0 Å². The number of benzene rings is 1. The molecule has 0 saturated carbocycles. The molecule has 5 nitrogen and oxygen atoms in total. The average molecular weight is 280 g/mol. The minimum atomic E-state index is -0.176. The van der Waals surface area contributed by atoms with Gasteiger partial charge in [-0.2, -0.15) is 0 Å². The molecule has 112 valence electrons. The molecule has 1 rings (SSSR count). The summed E-state index contributed by atoms with van der Waals surface area (Å²) in [4.78, 5) is 11.4. The highest BCUT2D eigenvalue weighted by Gasteiger charge is 2.00. The minimum Gasteiger partial charge on any atom is -0.492 e. The lowest BCUT2D eigenvalue weighted by Crippen LogP contribution is -2.38. The summed E-state index contributed by atoms with van der Waals surface area (Å²) in [6, 6.07) is 5.89. The van der Waals surface area contributed by atoms with E-state index in [1.54, 1.807) is 7.11 Å². The highest BCUT2D eigenvalue weighted by molar-refractivity contribution is 5.73. The number of ether oxygens (including phenoxy) is 2. The number of rotatable bonds is 8. The highest BCUT2D eigenvalue weighted by atomic mass is 16.5. The maximum Gasteiger partial charge on any atom is 0.314 e. The first-order valence-electron chi connectivity index (χ1n) is 6.83. The van der Waals surface area contributed by atoms with E-state index in [2.05, 4.69) is 16.7 Å². The Hall–Kier alpha value is -1.75. The zero-order valence-electron chi connectivity index (χ0n) is 12.5. The smallest absolute Gasteiger partial charge is 0.314 e. The Bertz CT molecular complexity index is 401. The SMILES string of the molecule is COCCCNC(=O)NCCOc1cc(C)cc(C)c1. The van der Waals surface area contributed by atoms with Gasteiger partial charge in [0.15, 0.2) is 0 Å². The normalized spacial score (nSPS) is 10.2. The maximum atomic E-state index is 11.4. The van der Waals surface area contributed by atoms with Gasteiger partial charge in [-0.15, -0.1) is 0 Å². The zero-order chi connectivity index (χ0) is 14.8. The van der Waals surface area contributed by atoms with Gasteiger partial charge >= 0.3 is 6.03 Å². The Morgan fingerprint density at radius 1 is 1.05 bits per heavy atom. The summed E-state index contributed by atoms with van der Waals surface area (Å²) in [6.45, 7) is 6.25. The minimum absolute atomic E-state index is 0.176. The Balaban J connectivity index is 2.13. The van der Waals surface area contributed by atoms with Gasteiger partial charge in [-0.3, -0.25) is 0 Å². The molecule has 20 heavy (non-hydrogen) atoms. The highest BCUT2D eigenvalue weighted by Crippen LogP contribution is 2.15. The molecule has 1 aromatic rings. The summed E-state index contributed by atoms with van der Waals surface area (Å²) in [5.74, 6) is 0.838. The van der Waals surface area contributed by atoms with Crippen LogP contribution in [0.5, 0.6) is 5.75 Å². The second kappa shape index (κ2) is 9.20. The molecule has 0 aliphatic carbocycles. The summed E-state index contributed by atoms with van der Waals surface area (Å²) < 4.78 is 10.5. The molecule has 0 fully saturated rings. The largest absolute Gasteiger partial charge is 0.492 e. The van der Waals surface area contributed by atoms with Crippen molar-refractivity contribution in [1.29, 1.82) is 0 Å². The van der Waals surface area contributed by atoms with Crippen LogP contribution in [0.15, 0.2) is 18.2 Å². The molecule has 0 radical (unpaired) electrons. The van der Waals surface area contributed by atoms with Crippen LogP contribution < -0.4 is 15.4 Å². The molecular formula is C15H24N2O3. The number of nitrogens with one attached hydrogen (secondary N) is 2. The van der Waals surface area contributed by atoms with Crippen LogP contribution in [0.1, 0.15) is 17.5 Å². The maximum absolute atomic E-state index is 11.4. The molecule has 2 amide bonds. The van der Waals surface area contributed by atoms with Crippen LogP contribution in [0.3, 0.4) is 0 Å². The predicted octanol–water partition coefficient (Wildman–Crippen LogP) is 2.02. The van der Waals surface area contributed by atoms with E-state index in [1.165, 1.54) is 11.1 Å². The first kappa shape index (κ1) is 16.3. The van der Waals surface area contributed by atoms with Crippen molar-refractivity contribution in [3.63, 3.8) is 0 Å². The molecule has 0 aliphatic rings. The molecule has 0 heterocycles. The monoisotopic (exact) mass is 280 g/mol. The van der Waals surface area contributed by atoms with Gasteiger partial charge in [-0.05, 0) is 43.5 Å². The number of hydrogen-bond donors (Lipinski definition) is 2. The van der Waals surface area contributed by atoms with E-state index in [4.69, 9.17) is 9.47 Å². The number of hydrogen-bond acceptors (Lipinski definition) is 3. The molecule has 0 aliphatic heterocycles. The molecule has 2 N–H and O–H groups in total. The Kier molecular flexibility index (Phi) is 7.50. The summed E-state index contributed by atoms with van der Waals surface area (Å²) in [5.41, 5.74) is 2.34. The van der Waals surface area contributed by atoms with Crippen molar-refractivity contribution < 1.29 is 14.3 Å². The third kappa shape index (κ3) is 6.99. The summed E-state index contributed by atoms with van der Waals surface area (Å²) >= 11 is 0. The van der Waals surface area contributed by atoms with Gasteiger partial charge in [0.1, 0.15) is 12.4 Å². The summed E-state index contributed by atoms with van der Waals surface area (Å²) in [6.07, 6.45) is 0.809. The Labute approximate surface area is 120 Å². The van der Waals surface area contributed by atoms with Gasteiger partial charge in [0, 0.05) is 20.3 Å². The second-order valence-corrected chi connectivity index (χ2v) is 4.70. The quantitative estimate of drug-likeness (QED) is 0.716. The van der Waals surface area contributed by atoms with Gasteiger partial charge in [-0.1, -0.05) is 6.07 Å². The fourth-order valence-electron chi connectivity index (χ4n) is 1.83. The van der Waals surface area contributed by atoms with Gasteiger partial charge < -0.3 is 20.1 Å². The lowest BCUT2D eigenvalue weighted by atomic mass is 10.1. The summed E-state index contributed by atoms with van der Waals surface area (Å²) in [7, 11) is 1.64. The Morgan fingerprint density at radius 2 is 1.70 bits per heavy atom. The zero-order valence-corrected chi connectivity index (χ0v) is 12.5. The van der Waals surface area contributed by atoms with Crippen LogP contribution >= 0.6 is 0 Å². The third-order valence-corrected chi connectivity index (χ3v) is 2.66. The molecule has 0 spiro atoms. The predicted molar refractivity (Wildman–Crippen MR) is 79.3 cm³/mol. The molecule has 5 heteroatoms. The van der Waals surface area contributed by atoms with E-state index in [0.717, 1.165) is 12.2 Å². The van der Waals surface area contributed by atoms with Crippen LogP contribution in [0.4, 0.5) is 4.79 Å². The van der Waals surface area contributed by atoms with Crippen LogP contribution in [0.25, 0.3) is 0 Å². The van der Waals surface area contributed by atoms with Crippen molar-refractivity contribution in [3.05, 3.63) is 29.3 Å². The van der Waals surface area contributed by atoms with Crippen molar-refractivity contribution in [3.8, 4) is 5.75 Å². The van der Waals surface area contributed by atoms with Crippen molar-refractivity contribution >= 4 is 6.03 Å². The van der Waals surface area contributed by atoms with E-state index >= 15 is 0 Å². The van der Waals surface area contributed by atoms with E-state index < -0.39 is 0 Å². The molecule has 0 atom stereocenters. The van der Waals surface area contributed by atoms with Crippen molar-refractivity contribution in [2.45, 2.75) is 20.3 Å². The van der Waals surface area contributed by atoms with Crippen molar-refractivity contribution in [1.82, 2.24) is 10.6 Å². The fraction of sp³-hybridized carbons (Fsp3) is 0.533. The second-order valence-electron chi connectivity index (χ2n) is 4.70.